The minimum Gasteiger partial charge on any atom is -0.290 e. The molecule has 0 radical (unpaired) electrons. The zero-order chi connectivity index (χ0) is 19.8. The van der Waals surface area contributed by atoms with Gasteiger partial charge in [-0.2, -0.15) is 11.4 Å². The number of nitrogens with one attached hydrogen (secondary N) is 1. The van der Waals surface area contributed by atoms with Crippen molar-refractivity contribution in [3.63, 3.8) is 0 Å². The monoisotopic (exact) mass is 386 g/mol. The Morgan fingerprint density at radius 2 is 1.43 bits per heavy atom. The Bertz CT molecular complexity index is 748. The standard InChI is InChI=1S/C21H24F2N4O/c22-19-7-3-17(4-8-19)21(18-5-9-20(23)10-6-18)27-15-13-26(14-16-27)12-2-1-11-25-28-24/h3-10,21,25H,11-16,24H2. The van der Waals surface area contributed by atoms with E-state index < -0.39 is 0 Å². The topological polar surface area (TPSA) is 53.8 Å². The molecule has 0 amide bonds. The maximum Gasteiger partial charge on any atom is 0.123 e. The minimum atomic E-state index is -0.264. The summed E-state index contributed by atoms with van der Waals surface area (Å²) in [5.74, 6) is 10.4. The van der Waals surface area contributed by atoms with Crippen molar-refractivity contribution in [1.82, 2.24) is 15.3 Å². The molecule has 0 saturated carbocycles. The molecule has 1 heterocycles. The van der Waals surface area contributed by atoms with Gasteiger partial charge in [-0.1, -0.05) is 36.1 Å². The molecule has 1 aliphatic heterocycles. The smallest absolute Gasteiger partial charge is 0.123 e. The molecule has 3 rings (SSSR count). The summed E-state index contributed by atoms with van der Waals surface area (Å²) in [6.45, 7) is 4.48. The zero-order valence-electron chi connectivity index (χ0n) is 15.6. The van der Waals surface area contributed by atoms with Gasteiger partial charge in [-0.3, -0.25) is 9.80 Å². The first kappa shape index (κ1) is 20.4. The highest BCUT2D eigenvalue weighted by Gasteiger charge is 2.26. The van der Waals surface area contributed by atoms with Gasteiger partial charge in [0.05, 0.1) is 19.1 Å². The molecule has 0 unspecified atom stereocenters. The van der Waals surface area contributed by atoms with Crippen molar-refractivity contribution in [2.75, 3.05) is 39.3 Å². The van der Waals surface area contributed by atoms with Crippen LogP contribution in [0, 0.1) is 23.5 Å². The first-order valence-corrected chi connectivity index (χ1v) is 9.19. The number of nitrogens with zero attached hydrogens (tertiary/aromatic N) is 2. The quantitative estimate of drug-likeness (QED) is 0.452. The van der Waals surface area contributed by atoms with Gasteiger partial charge in [0.1, 0.15) is 11.6 Å². The Hall–Kier alpha value is -2.34. The van der Waals surface area contributed by atoms with Gasteiger partial charge in [-0.15, -0.1) is 0 Å². The van der Waals surface area contributed by atoms with E-state index in [1.54, 1.807) is 24.3 Å². The van der Waals surface area contributed by atoms with Crippen molar-refractivity contribution in [2.24, 2.45) is 5.90 Å². The Labute approximate surface area is 164 Å². The molecule has 1 saturated heterocycles. The molecular formula is C21H24F2N4O. The third-order valence-corrected chi connectivity index (χ3v) is 4.82. The summed E-state index contributed by atoms with van der Waals surface area (Å²) in [5, 5.41) is 0. The molecule has 0 atom stereocenters. The molecule has 0 aromatic heterocycles. The van der Waals surface area contributed by atoms with E-state index in [4.69, 9.17) is 5.90 Å². The molecular weight excluding hydrogens is 362 g/mol. The number of hydrogen-bond donors (Lipinski definition) is 2. The summed E-state index contributed by atoms with van der Waals surface area (Å²) in [5.41, 5.74) is 4.47. The lowest BCUT2D eigenvalue weighted by molar-refractivity contribution is 0.0498. The summed E-state index contributed by atoms with van der Waals surface area (Å²) in [7, 11) is 0. The van der Waals surface area contributed by atoms with Gasteiger partial charge in [0.15, 0.2) is 0 Å². The second kappa shape index (κ2) is 10.3. The molecule has 0 aliphatic carbocycles. The molecule has 0 spiro atoms. The van der Waals surface area contributed by atoms with Gasteiger partial charge in [-0.05, 0) is 35.4 Å². The van der Waals surface area contributed by atoms with Crippen molar-refractivity contribution >= 4 is 0 Å². The van der Waals surface area contributed by atoms with Crippen LogP contribution in [0.15, 0.2) is 48.5 Å². The summed E-state index contributed by atoms with van der Waals surface area (Å²) in [6.07, 6.45) is 0. The summed E-state index contributed by atoms with van der Waals surface area (Å²) in [6, 6.07) is 13.0. The van der Waals surface area contributed by atoms with Crippen LogP contribution in [0.5, 0.6) is 0 Å². The van der Waals surface area contributed by atoms with E-state index in [1.807, 2.05) is 0 Å². The third-order valence-electron chi connectivity index (χ3n) is 4.82. The van der Waals surface area contributed by atoms with Crippen LogP contribution in [-0.2, 0) is 4.94 Å². The molecule has 2 aromatic rings. The Morgan fingerprint density at radius 3 is 1.93 bits per heavy atom. The lowest BCUT2D eigenvalue weighted by Crippen LogP contribution is -2.47. The molecule has 28 heavy (non-hydrogen) atoms. The second-order valence-corrected chi connectivity index (χ2v) is 6.61. The highest BCUT2D eigenvalue weighted by Crippen LogP contribution is 2.30. The molecule has 148 valence electrons. The number of hydroxylamine groups is 1. The number of hydrogen-bond acceptors (Lipinski definition) is 5. The number of piperazine rings is 1. The van der Waals surface area contributed by atoms with Crippen LogP contribution in [-0.4, -0.2) is 49.1 Å². The van der Waals surface area contributed by atoms with Gasteiger partial charge >= 0.3 is 0 Å². The predicted octanol–water partition coefficient (Wildman–Crippen LogP) is 2.07. The zero-order valence-corrected chi connectivity index (χ0v) is 15.6. The number of halogens is 2. The summed E-state index contributed by atoms with van der Waals surface area (Å²) in [4.78, 5) is 8.87. The van der Waals surface area contributed by atoms with Crippen LogP contribution in [0.2, 0.25) is 0 Å². The van der Waals surface area contributed by atoms with Crippen LogP contribution in [0.3, 0.4) is 0 Å². The predicted molar refractivity (Wildman–Crippen MR) is 104 cm³/mol. The van der Waals surface area contributed by atoms with Crippen molar-refractivity contribution in [2.45, 2.75) is 6.04 Å². The van der Waals surface area contributed by atoms with Crippen LogP contribution in [0.1, 0.15) is 17.2 Å². The Kier molecular flexibility index (Phi) is 7.48. The van der Waals surface area contributed by atoms with E-state index in [-0.39, 0.29) is 17.7 Å². The van der Waals surface area contributed by atoms with Crippen LogP contribution in [0.25, 0.3) is 0 Å². The molecule has 1 fully saturated rings. The molecule has 7 heteroatoms. The average Bonchev–Trinajstić information content (AvgIpc) is 2.72. The fourth-order valence-electron chi connectivity index (χ4n) is 3.39. The van der Waals surface area contributed by atoms with E-state index in [2.05, 4.69) is 32.1 Å². The Morgan fingerprint density at radius 1 is 0.893 bits per heavy atom. The second-order valence-electron chi connectivity index (χ2n) is 6.61. The first-order valence-electron chi connectivity index (χ1n) is 9.19. The van der Waals surface area contributed by atoms with Gasteiger partial charge in [0, 0.05) is 26.2 Å². The number of rotatable bonds is 6. The van der Waals surface area contributed by atoms with E-state index in [0.717, 1.165) is 37.3 Å². The lowest BCUT2D eigenvalue weighted by Gasteiger charge is -2.39. The van der Waals surface area contributed by atoms with E-state index in [0.29, 0.717) is 13.1 Å². The average molecular weight is 386 g/mol. The highest BCUT2D eigenvalue weighted by atomic mass is 19.1. The maximum atomic E-state index is 13.4. The third kappa shape index (κ3) is 5.58. The fourth-order valence-corrected chi connectivity index (χ4v) is 3.39. The normalized spacial score (nSPS) is 15.4. The van der Waals surface area contributed by atoms with Gasteiger partial charge in [-0.25, -0.2) is 13.7 Å². The lowest BCUT2D eigenvalue weighted by atomic mass is 9.96. The minimum absolute atomic E-state index is 0.0414. The summed E-state index contributed by atoms with van der Waals surface area (Å²) >= 11 is 0. The van der Waals surface area contributed by atoms with Crippen LogP contribution in [0.4, 0.5) is 8.78 Å². The number of benzene rings is 2. The van der Waals surface area contributed by atoms with Gasteiger partial charge in [0.2, 0.25) is 0 Å². The van der Waals surface area contributed by atoms with Crippen molar-refractivity contribution < 1.29 is 13.7 Å². The molecule has 3 N–H and O–H groups in total. The van der Waals surface area contributed by atoms with Gasteiger partial charge in [0.25, 0.3) is 0 Å². The van der Waals surface area contributed by atoms with Crippen LogP contribution >= 0.6 is 0 Å². The molecule has 2 aromatic carbocycles. The largest absolute Gasteiger partial charge is 0.290 e. The molecule has 1 aliphatic rings. The van der Waals surface area contributed by atoms with E-state index >= 15 is 0 Å². The summed E-state index contributed by atoms with van der Waals surface area (Å²) < 4.78 is 26.8. The maximum absolute atomic E-state index is 13.4. The highest BCUT2D eigenvalue weighted by molar-refractivity contribution is 5.32. The van der Waals surface area contributed by atoms with Crippen molar-refractivity contribution in [3.05, 3.63) is 71.3 Å². The SMILES string of the molecule is NONCC#CCN1CCN(C(c2ccc(F)cc2)c2ccc(F)cc2)CC1. The van der Waals surface area contributed by atoms with E-state index in [1.165, 1.54) is 24.3 Å². The Balaban J connectivity index is 1.69. The molecule has 0 bridgehead atoms. The molecule has 5 nitrogen and oxygen atoms in total. The van der Waals surface area contributed by atoms with Gasteiger partial charge < -0.3 is 0 Å². The first-order chi connectivity index (χ1) is 13.7. The van der Waals surface area contributed by atoms with E-state index in [9.17, 15) is 8.78 Å². The number of nitrogens with two attached hydrogens (primary N) is 1. The fraction of sp³-hybridized carbons (Fsp3) is 0.333. The van der Waals surface area contributed by atoms with Crippen LogP contribution < -0.4 is 11.4 Å². The van der Waals surface area contributed by atoms with Crippen molar-refractivity contribution in [3.8, 4) is 11.8 Å². The van der Waals surface area contributed by atoms with Crippen molar-refractivity contribution in [1.29, 1.82) is 0 Å².